The molecular formula is C19H16N4O4. The summed E-state index contributed by atoms with van der Waals surface area (Å²) < 4.78 is 17.2. The molecule has 1 amide bonds. The SMILES string of the molecule is COc1cc(OC)cc(C(=O)Nc2nc3cccc(-c4ccoc4)n3n2)c1. The summed E-state index contributed by atoms with van der Waals surface area (Å²) in [5.41, 5.74) is 2.64. The molecule has 3 heterocycles. The lowest BCUT2D eigenvalue weighted by molar-refractivity contribution is 0.102. The summed E-state index contributed by atoms with van der Waals surface area (Å²) in [5, 5.41) is 7.09. The van der Waals surface area contributed by atoms with E-state index in [0.29, 0.717) is 22.7 Å². The number of benzene rings is 1. The molecule has 8 heteroatoms. The number of carbonyl (C=O) groups is 1. The number of pyridine rings is 1. The molecule has 0 radical (unpaired) electrons. The largest absolute Gasteiger partial charge is 0.497 e. The second kappa shape index (κ2) is 6.83. The number of nitrogens with zero attached hydrogens (tertiary/aromatic N) is 3. The van der Waals surface area contributed by atoms with E-state index in [2.05, 4.69) is 15.4 Å². The Morgan fingerprint density at radius 1 is 1.11 bits per heavy atom. The van der Waals surface area contributed by atoms with E-state index < -0.39 is 0 Å². The van der Waals surface area contributed by atoms with Gasteiger partial charge < -0.3 is 13.9 Å². The highest BCUT2D eigenvalue weighted by Crippen LogP contribution is 2.24. The fourth-order valence-corrected chi connectivity index (χ4v) is 2.70. The zero-order chi connectivity index (χ0) is 18.8. The Morgan fingerprint density at radius 3 is 2.56 bits per heavy atom. The second-order valence-electron chi connectivity index (χ2n) is 5.68. The number of hydrogen-bond donors (Lipinski definition) is 1. The van der Waals surface area contributed by atoms with Gasteiger partial charge in [-0.15, -0.1) is 5.10 Å². The molecule has 0 spiro atoms. The minimum atomic E-state index is -0.368. The van der Waals surface area contributed by atoms with Crippen LogP contribution >= 0.6 is 0 Å². The van der Waals surface area contributed by atoms with Crippen molar-refractivity contribution in [2.45, 2.75) is 0 Å². The van der Waals surface area contributed by atoms with E-state index in [9.17, 15) is 4.79 Å². The van der Waals surface area contributed by atoms with Crippen molar-refractivity contribution >= 4 is 17.5 Å². The van der Waals surface area contributed by atoms with Crippen molar-refractivity contribution < 1.29 is 18.7 Å². The maximum Gasteiger partial charge on any atom is 0.258 e. The van der Waals surface area contributed by atoms with Crippen LogP contribution in [0.15, 0.2) is 59.4 Å². The van der Waals surface area contributed by atoms with E-state index in [0.717, 1.165) is 11.3 Å². The Balaban J connectivity index is 1.66. The molecule has 3 aromatic heterocycles. The first-order valence-electron chi connectivity index (χ1n) is 8.11. The molecule has 0 saturated carbocycles. The lowest BCUT2D eigenvalue weighted by Gasteiger charge is -2.07. The van der Waals surface area contributed by atoms with Crippen LogP contribution < -0.4 is 14.8 Å². The molecule has 4 aromatic rings. The van der Waals surface area contributed by atoms with Gasteiger partial charge in [-0.05, 0) is 30.3 Å². The van der Waals surface area contributed by atoms with Gasteiger partial charge in [-0.2, -0.15) is 4.98 Å². The van der Waals surface area contributed by atoms with E-state index in [1.165, 1.54) is 14.2 Å². The molecule has 0 saturated heterocycles. The Bertz CT molecular complexity index is 1080. The average Bonchev–Trinajstić information content (AvgIpc) is 3.36. The summed E-state index contributed by atoms with van der Waals surface area (Å²) in [7, 11) is 3.05. The second-order valence-corrected chi connectivity index (χ2v) is 5.68. The summed E-state index contributed by atoms with van der Waals surface area (Å²) in [6, 6.07) is 12.3. The molecule has 0 bridgehead atoms. The lowest BCUT2D eigenvalue weighted by atomic mass is 10.2. The third-order valence-electron chi connectivity index (χ3n) is 4.02. The Hall–Kier alpha value is -3.81. The number of methoxy groups -OCH3 is 2. The summed E-state index contributed by atoms with van der Waals surface area (Å²) in [4.78, 5) is 17.0. The third-order valence-corrected chi connectivity index (χ3v) is 4.02. The molecule has 0 aliphatic carbocycles. The van der Waals surface area contributed by atoms with Gasteiger partial charge in [0.2, 0.25) is 5.95 Å². The number of nitrogens with one attached hydrogen (secondary N) is 1. The standard InChI is InChI=1S/C19H16N4O4/c1-25-14-8-13(9-15(10-14)26-2)18(24)21-19-20-17-5-3-4-16(23(17)22-19)12-6-7-27-11-12/h3-11H,1-2H3,(H,21,22,24). The van der Waals surface area contributed by atoms with Crippen LogP contribution in [0.4, 0.5) is 5.95 Å². The predicted molar refractivity (Wildman–Crippen MR) is 98.2 cm³/mol. The van der Waals surface area contributed by atoms with Crippen LogP contribution in [0.25, 0.3) is 16.9 Å². The first kappa shape index (κ1) is 16.6. The highest BCUT2D eigenvalue weighted by atomic mass is 16.5. The number of ether oxygens (including phenoxy) is 2. The normalized spacial score (nSPS) is 10.7. The van der Waals surface area contributed by atoms with Crippen molar-refractivity contribution in [1.29, 1.82) is 0 Å². The van der Waals surface area contributed by atoms with Crippen molar-refractivity contribution in [2.75, 3.05) is 19.5 Å². The van der Waals surface area contributed by atoms with Gasteiger partial charge in [0.05, 0.1) is 32.4 Å². The number of fused-ring (bicyclic) bond motifs is 1. The molecular weight excluding hydrogens is 348 g/mol. The maximum absolute atomic E-state index is 12.6. The van der Waals surface area contributed by atoms with Crippen LogP contribution in [0, 0.1) is 0 Å². The van der Waals surface area contributed by atoms with E-state index in [4.69, 9.17) is 13.9 Å². The number of amides is 1. The van der Waals surface area contributed by atoms with Gasteiger partial charge in [0.1, 0.15) is 11.5 Å². The van der Waals surface area contributed by atoms with Crippen LogP contribution in [-0.2, 0) is 0 Å². The van der Waals surface area contributed by atoms with Crippen molar-refractivity contribution in [3.8, 4) is 22.8 Å². The van der Waals surface area contributed by atoms with Crippen LogP contribution in [0.3, 0.4) is 0 Å². The van der Waals surface area contributed by atoms with Gasteiger partial charge in [0.25, 0.3) is 5.91 Å². The lowest BCUT2D eigenvalue weighted by Crippen LogP contribution is -2.13. The number of rotatable bonds is 5. The summed E-state index contributed by atoms with van der Waals surface area (Å²) in [6.07, 6.45) is 3.21. The monoisotopic (exact) mass is 364 g/mol. The van der Waals surface area contributed by atoms with E-state index in [1.807, 2.05) is 18.2 Å². The first-order chi connectivity index (χ1) is 13.2. The van der Waals surface area contributed by atoms with Crippen LogP contribution in [0.2, 0.25) is 0 Å². The quantitative estimate of drug-likeness (QED) is 0.584. The number of hydrogen-bond acceptors (Lipinski definition) is 6. The van der Waals surface area contributed by atoms with E-state index in [-0.39, 0.29) is 11.9 Å². The number of carbonyl (C=O) groups excluding carboxylic acids is 1. The summed E-state index contributed by atoms with van der Waals surface area (Å²) >= 11 is 0. The van der Waals surface area contributed by atoms with Crippen molar-refractivity contribution in [3.05, 3.63) is 60.6 Å². The van der Waals surface area contributed by atoms with Crippen LogP contribution in [0.5, 0.6) is 11.5 Å². The van der Waals surface area contributed by atoms with E-state index in [1.54, 1.807) is 41.3 Å². The molecule has 0 unspecified atom stereocenters. The molecule has 0 fully saturated rings. The molecule has 1 N–H and O–H groups in total. The van der Waals surface area contributed by atoms with Gasteiger partial charge in [0, 0.05) is 17.2 Å². The molecule has 136 valence electrons. The average molecular weight is 364 g/mol. The van der Waals surface area contributed by atoms with Crippen LogP contribution in [0.1, 0.15) is 10.4 Å². The topological polar surface area (TPSA) is 90.9 Å². The number of furan rings is 1. The maximum atomic E-state index is 12.6. The van der Waals surface area contributed by atoms with Crippen LogP contribution in [-0.4, -0.2) is 34.7 Å². The minimum absolute atomic E-state index is 0.192. The Kier molecular flexibility index (Phi) is 4.21. The molecule has 0 atom stereocenters. The van der Waals surface area contributed by atoms with Gasteiger partial charge in [-0.25, -0.2) is 4.52 Å². The summed E-state index contributed by atoms with van der Waals surface area (Å²) in [5.74, 6) is 0.861. The zero-order valence-corrected chi connectivity index (χ0v) is 14.7. The van der Waals surface area contributed by atoms with Gasteiger partial charge in [-0.3, -0.25) is 10.1 Å². The summed E-state index contributed by atoms with van der Waals surface area (Å²) in [6.45, 7) is 0. The molecule has 27 heavy (non-hydrogen) atoms. The number of anilines is 1. The van der Waals surface area contributed by atoms with Crippen molar-refractivity contribution in [3.63, 3.8) is 0 Å². The Morgan fingerprint density at radius 2 is 1.89 bits per heavy atom. The fraction of sp³-hybridized carbons (Fsp3) is 0.105. The fourth-order valence-electron chi connectivity index (χ4n) is 2.70. The molecule has 4 rings (SSSR count). The van der Waals surface area contributed by atoms with Crippen molar-refractivity contribution in [2.24, 2.45) is 0 Å². The molecule has 0 aliphatic rings. The minimum Gasteiger partial charge on any atom is -0.497 e. The highest BCUT2D eigenvalue weighted by Gasteiger charge is 2.14. The van der Waals surface area contributed by atoms with Crippen molar-refractivity contribution in [1.82, 2.24) is 14.6 Å². The first-order valence-corrected chi connectivity index (χ1v) is 8.11. The molecule has 8 nitrogen and oxygen atoms in total. The molecule has 1 aromatic carbocycles. The van der Waals surface area contributed by atoms with Gasteiger partial charge in [0.15, 0.2) is 5.65 Å². The third kappa shape index (κ3) is 3.20. The number of aromatic nitrogens is 3. The van der Waals surface area contributed by atoms with Gasteiger partial charge >= 0.3 is 0 Å². The molecule has 0 aliphatic heterocycles. The predicted octanol–water partition coefficient (Wildman–Crippen LogP) is 3.26. The zero-order valence-electron chi connectivity index (χ0n) is 14.7. The van der Waals surface area contributed by atoms with Gasteiger partial charge in [-0.1, -0.05) is 6.07 Å². The van der Waals surface area contributed by atoms with E-state index >= 15 is 0 Å². The highest BCUT2D eigenvalue weighted by molar-refractivity contribution is 6.04. The smallest absolute Gasteiger partial charge is 0.258 e. The Labute approximate surface area is 154 Å².